The van der Waals surface area contributed by atoms with E-state index in [1.165, 1.54) is 6.07 Å². The van der Waals surface area contributed by atoms with Crippen LogP contribution in [0.15, 0.2) is 36.4 Å². The molecule has 5 nitrogen and oxygen atoms in total. The summed E-state index contributed by atoms with van der Waals surface area (Å²) in [6.45, 7) is 0. The van der Waals surface area contributed by atoms with Crippen molar-refractivity contribution in [1.29, 1.82) is 5.26 Å². The van der Waals surface area contributed by atoms with Gasteiger partial charge in [-0.2, -0.15) is 5.26 Å². The number of rotatable bonds is 6. The molecular formula is C25H24FN3O2. The topological polar surface area (TPSA) is 82.0 Å². The van der Waals surface area contributed by atoms with E-state index in [0.717, 1.165) is 41.6 Å². The molecule has 5 rings (SSSR count). The number of nitriles is 1. The molecule has 1 aliphatic carbocycles. The number of Topliss-reactive ketones (excluding diaryl/α,β-unsaturated/α-hetero) is 1. The summed E-state index contributed by atoms with van der Waals surface area (Å²) >= 11 is 0. The highest BCUT2D eigenvalue weighted by molar-refractivity contribution is 5.99. The van der Waals surface area contributed by atoms with Gasteiger partial charge < -0.3 is 10.6 Å². The fourth-order valence-electron chi connectivity index (χ4n) is 5.32. The molecule has 2 aromatic rings. The van der Waals surface area contributed by atoms with Crippen LogP contribution >= 0.6 is 0 Å². The average molecular weight is 417 g/mol. The predicted octanol–water partition coefficient (Wildman–Crippen LogP) is 3.77. The number of ketones is 1. The summed E-state index contributed by atoms with van der Waals surface area (Å²) in [5, 5.41) is 15.7. The summed E-state index contributed by atoms with van der Waals surface area (Å²) in [5.41, 5.74) is 3.72. The zero-order chi connectivity index (χ0) is 21.5. The summed E-state index contributed by atoms with van der Waals surface area (Å²) in [7, 11) is 0. The Kier molecular flexibility index (Phi) is 5.07. The molecule has 1 saturated carbocycles. The first kappa shape index (κ1) is 19.9. The number of piperidine rings is 1. The maximum atomic E-state index is 14.9. The third kappa shape index (κ3) is 3.86. The van der Waals surface area contributed by atoms with Crippen molar-refractivity contribution in [3.05, 3.63) is 53.3 Å². The predicted molar refractivity (Wildman–Crippen MR) is 115 cm³/mol. The first-order chi connectivity index (χ1) is 15.0. The summed E-state index contributed by atoms with van der Waals surface area (Å²) in [5.74, 6) is -0.474. The summed E-state index contributed by atoms with van der Waals surface area (Å²) in [6.07, 6.45) is 3.97. The van der Waals surface area contributed by atoms with Crippen LogP contribution < -0.4 is 10.6 Å². The Labute approximate surface area is 180 Å². The van der Waals surface area contributed by atoms with E-state index in [9.17, 15) is 19.2 Å². The minimum Gasteiger partial charge on any atom is -0.326 e. The smallest absolute Gasteiger partial charge is 0.228 e. The van der Waals surface area contributed by atoms with Crippen LogP contribution in [-0.4, -0.2) is 23.8 Å². The Bertz CT molecular complexity index is 1110. The maximum Gasteiger partial charge on any atom is 0.228 e. The molecule has 0 aromatic heterocycles. The van der Waals surface area contributed by atoms with Gasteiger partial charge in [0.2, 0.25) is 5.91 Å². The number of hydrogen-bond donors (Lipinski definition) is 2. The molecule has 4 atom stereocenters. The van der Waals surface area contributed by atoms with Gasteiger partial charge in [0.25, 0.3) is 0 Å². The molecule has 2 aliphatic heterocycles. The normalized spacial score (nSPS) is 24.5. The Morgan fingerprint density at radius 3 is 2.71 bits per heavy atom. The van der Waals surface area contributed by atoms with Crippen LogP contribution in [0.2, 0.25) is 0 Å². The highest BCUT2D eigenvalue weighted by Gasteiger charge is 2.42. The molecule has 1 saturated heterocycles. The quantitative estimate of drug-likeness (QED) is 0.750. The van der Waals surface area contributed by atoms with Crippen LogP contribution in [0.3, 0.4) is 0 Å². The first-order valence-corrected chi connectivity index (χ1v) is 10.9. The lowest BCUT2D eigenvalue weighted by molar-refractivity contribution is -0.122. The van der Waals surface area contributed by atoms with Gasteiger partial charge in [0, 0.05) is 18.2 Å². The summed E-state index contributed by atoms with van der Waals surface area (Å²) in [4.78, 5) is 24.2. The van der Waals surface area contributed by atoms with E-state index in [1.807, 2.05) is 24.3 Å². The van der Waals surface area contributed by atoms with Crippen molar-refractivity contribution in [2.75, 3.05) is 5.32 Å². The van der Waals surface area contributed by atoms with Gasteiger partial charge >= 0.3 is 0 Å². The van der Waals surface area contributed by atoms with E-state index in [1.54, 1.807) is 6.07 Å². The van der Waals surface area contributed by atoms with Crippen LogP contribution in [-0.2, 0) is 22.4 Å². The number of carbonyl (C=O) groups is 2. The molecule has 31 heavy (non-hydrogen) atoms. The molecule has 2 aromatic carbocycles. The lowest BCUT2D eigenvalue weighted by Crippen LogP contribution is -2.42. The average Bonchev–Trinajstić information content (AvgIpc) is 3.48. The second-order valence-electron chi connectivity index (χ2n) is 9.02. The summed E-state index contributed by atoms with van der Waals surface area (Å²) < 4.78 is 14.9. The first-order valence-electron chi connectivity index (χ1n) is 10.9. The van der Waals surface area contributed by atoms with Gasteiger partial charge in [-0.3, -0.25) is 9.59 Å². The molecule has 2 fully saturated rings. The zero-order valence-electron chi connectivity index (χ0n) is 17.2. The van der Waals surface area contributed by atoms with Crippen LogP contribution in [0, 0.1) is 29.0 Å². The minimum atomic E-state index is -0.536. The Hall–Kier alpha value is -3.04. The van der Waals surface area contributed by atoms with Gasteiger partial charge in [-0.15, -0.1) is 0 Å². The standard InChI is InChI=1S/C25H24FN3O2/c26-21-11-16(15-4-6-22-19(9-15)12-24(31)29-22)1-2-17(21)7-14(13-27)8-23(30)25-18-3-5-20(10-18)28-25/h1-2,4,6,9,11,14,18,20,25,28H,3,5,7-8,10,12H2,(H,29,31)/t14?,18-,20+,25-/m0/s1. The molecule has 3 aliphatic rings. The van der Waals surface area contributed by atoms with Crippen LogP contribution in [0.1, 0.15) is 36.8 Å². The number of nitrogens with one attached hydrogen (secondary N) is 2. The minimum absolute atomic E-state index is 0.0357. The lowest BCUT2D eigenvalue weighted by Gasteiger charge is -2.22. The van der Waals surface area contributed by atoms with E-state index >= 15 is 0 Å². The van der Waals surface area contributed by atoms with E-state index in [2.05, 4.69) is 16.7 Å². The van der Waals surface area contributed by atoms with Crippen molar-refractivity contribution in [3.63, 3.8) is 0 Å². The lowest BCUT2D eigenvalue weighted by atomic mass is 9.88. The molecule has 6 heteroatoms. The number of amides is 1. The van der Waals surface area contributed by atoms with E-state index in [4.69, 9.17) is 0 Å². The summed E-state index contributed by atoms with van der Waals surface area (Å²) in [6, 6.07) is 13.1. The third-order valence-corrected chi connectivity index (χ3v) is 6.92. The van der Waals surface area contributed by atoms with Gasteiger partial charge in [0.15, 0.2) is 5.78 Å². The van der Waals surface area contributed by atoms with Gasteiger partial charge in [-0.05, 0) is 72.1 Å². The molecule has 1 unspecified atom stereocenters. The van der Waals surface area contributed by atoms with E-state index in [0.29, 0.717) is 23.9 Å². The largest absolute Gasteiger partial charge is 0.326 e. The van der Waals surface area contributed by atoms with Gasteiger partial charge in [-0.1, -0.05) is 18.2 Å². The van der Waals surface area contributed by atoms with E-state index in [-0.39, 0.29) is 36.4 Å². The number of halogens is 1. The van der Waals surface area contributed by atoms with Crippen molar-refractivity contribution < 1.29 is 14.0 Å². The van der Waals surface area contributed by atoms with Gasteiger partial charge in [0.1, 0.15) is 5.82 Å². The molecule has 0 radical (unpaired) electrons. The second kappa shape index (κ2) is 7.90. The van der Waals surface area contributed by atoms with Crippen molar-refractivity contribution >= 4 is 17.4 Å². The molecule has 2 bridgehead atoms. The molecule has 2 N–H and O–H groups in total. The second-order valence-corrected chi connectivity index (χ2v) is 9.02. The van der Waals surface area contributed by atoms with Crippen LogP contribution in [0.4, 0.5) is 10.1 Å². The number of nitrogens with zero attached hydrogens (tertiary/aromatic N) is 1. The highest BCUT2D eigenvalue weighted by atomic mass is 19.1. The number of benzene rings is 2. The highest BCUT2D eigenvalue weighted by Crippen LogP contribution is 2.36. The fraction of sp³-hybridized carbons (Fsp3) is 0.400. The Morgan fingerprint density at radius 1 is 1.19 bits per heavy atom. The zero-order valence-corrected chi connectivity index (χ0v) is 17.2. The van der Waals surface area contributed by atoms with Gasteiger partial charge in [-0.25, -0.2) is 4.39 Å². The van der Waals surface area contributed by atoms with E-state index < -0.39 is 5.92 Å². The fourth-order valence-corrected chi connectivity index (χ4v) is 5.32. The number of hydrogen-bond acceptors (Lipinski definition) is 4. The Morgan fingerprint density at radius 2 is 2.00 bits per heavy atom. The molecule has 1 amide bonds. The monoisotopic (exact) mass is 417 g/mol. The van der Waals surface area contributed by atoms with Crippen LogP contribution in [0.25, 0.3) is 11.1 Å². The molecule has 158 valence electrons. The molecular weight excluding hydrogens is 393 g/mol. The van der Waals surface area contributed by atoms with Crippen molar-refractivity contribution in [3.8, 4) is 17.2 Å². The molecule has 0 spiro atoms. The van der Waals surface area contributed by atoms with Crippen LogP contribution in [0.5, 0.6) is 0 Å². The number of fused-ring (bicyclic) bond motifs is 3. The maximum absolute atomic E-state index is 14.9. The SMILES string of the molecule is N#CC(CC(=O)[C@H]1N[C@@H]2CC[C@H]1C2)Cc1ccc(-c2ccc3c(c2)CC(=O)N3)cc1F. The number of carbonyl (C=O) groups excluding carboxylic acids is 2. The third-order valence-electron chi connectivity index (χ3n) is 6.92. The van der Waals surface area contributed by atoms with Crippen molar-refractivity contribution in [2.24, 2.45) is 11.8 Å². The molecule has 2 heterocycles. The number of anilines is 1. The van der Waals surface area contributed by atoms with Crippen molar-refractivity contribution in [2.45, 2.75) is 50.6 Å². The van der Waals surface area contributed by atoms with Crippen molar-refractivity contribution in [1.82, 2.24) is 5.32 Å². The Balaban J connectivity index is 1.27. The van der Waals surface area contributed by atoms with Gasteiger partial charge in [0.05, 0.1) is 24.4 Å².